The second kappa shape index (κ2) is 9.35. The van der Waals surface area contributed by atoms with Crippen LogP contribution in [0.25, 0.3) is 0 Å². The Bertz CT molecular complexity index is 671. The van der Waals surface area contributed by atoms with Gasteiger partial charge < -0.3 is 10.4 Å². The van der Waals surface area contributed by atoms with Crippen molar-refractivity contribution in [2.75, 3.05) is 7.05 Å². The maximum absolute atomic E-state index is 12.2. The van der Waals surface area contributed by atoms with Gasteiger partial charge in [0, 0.05) is 19.1 Å². The molecule has 134 valence electrons. The number of rotatable bonds is 8. The van der Waals surface area contributed by atoms with Gasteiger partial charge in [0.1, 0.15) is 0 Å². The van der Waals surface area contributed by atoms with Crippen LogP contribution in [0.4, 0.5) is 0 Å². The normalized spacial score (nSPS) is 12.4. The number of carbonyl (C=O) groups excluding carboxylic acids is 1. The van der Waals surface area contributed by atoms with E-state index in [1.54, 1.807) is 0 Å². The molecule has 0 radical (unpaired) electrons. The van der Waals surface area contributed by atoms with Crippen LogP contribution in [0.2, 0.25) is 0 Å². The average molecular weight is 340 g/mol. The van der Waals surface area contributed by atoms with Crippen LogP contribution in [0.1, 0.15) is 43.1 Å². The lowest BCUT2D eigenvalue weighted by Gasteiger charge is -2.22. The first-order valence-electron chi connectivity index (χ1n) is 8.74. The summed E-state index contributed by atoms with van der Waals surface area (Å²) < 4.78 is 0. The summed E-state index contributed by atoms with van der Waals surface area (Å²) in [5, 5.41) is 13.1. The first-order chi connectivity index (χ1) is 12.0. The molecule has 2 aromatic carbocycles. The maximum atomic E-state index is 12.2. The van der Waals surface area contributed by atoms with Crippen LogP contribution in [0.15, 0.2) is 54.6 Å². The largest absolute Gasteiger partial charge is 0.388 e. The molecule has 0 aromatic heterocycles. The van der Waals surface area contributed by atoms with E-state index in [4.69, 9.17) is 0 Å². The molecule has 1 unspecified atom stereocenters. The molecule has 1 amide bonds. The van der Waals surface area contributed by atoms with Crippen molar-refractivity contribution < 1.29 is 9.90 Å². The van der Waals surface area contributed by atoms with Crippen molar-refractivity contribution in [2.45, 2.75) is 45.5 Å². The Hall–Kier alpha value is -2.17. The minimum absolute atomic E-state index is 0.0675. The van der Waals surface area contributed by atoms with Gasteiger partial charge in [-0.3, -0.25) is 9.69 Å². The highest BCUT2D eigenvalue weighted by Crippen LogP contribution is 2.16. The highest BCUT2D eigenvalue weighted by atomic mass is 16.3. The second-order valence-electron chi connectivity index (χ2n) is 6.68. The summed E-state index contributed by atoms with van der Waals surface area (Å²) in [6.45, 7) is 5.64. The quantitative estimate of drug-likeness (QED) is 0.775. The Labute approximate surface area is 150 Å². The Balaban J connectivity index is 1.91. The van der Waals surface area contributed by atoms with Gasteiger partial charge in [0.25, 0.3) is 0 Å². The zero-order valence-corrected chi connectivity index (χ0v) is 15.3. The Morgan fingerprint density at radius 2 is 1.64 bits per heavy atom. The van der Waals surface area contributed by atoms with E-state index in [0.717, 1.165) is 17.7 Å². The molecule has 0 fully saturated rings. The summed E-state index contributed by atoms with van der Waals surface area (Å²) in [6, 6.07) is 17.9. The Morgan fingerprint density at radius 3 is 2.28 bits per heavy atom. The van der Waals surface area contributed by atoms with E-state index < -0.39 is 6.10 Å². The van der Waals surface area contributed by atoms with Gasteiger partial charge in [0.2, 0.25) is 5.91 Å². The molecule has 25 heavy (non-hydrogen) atoms. The highest BCUT2D eigenvalue weighted by molar-refractivity contribution is 5.76. The van der Waals surface area contributed by atoms with E-state index in [-0.39, 0.29) is 12.3 Å². The molecule has 4 nitrogen and oxygen atoms in total. The number of nitrogens with zero attached hydrogens (tertiary/aromatic N) is 1. The number of amides is 1. The van der Waals surface area contributed by atoms with Crippen LogP contribution in [-0.2, 0) is 17.9 Å². The Morgan fingerprint density at radius 1 is 1.04 bits per heavy atom. The molecule has 0 saturated carbocycles. The van der Waals surface area contributed by atoms with Crippen LogP contribution in [0.3, 0.4) is 0 Å². The molecular weight excluding hydrogens is 312 g/mol. The van der Waals surface area contributed by atoms with E-state index in [1.165, 1.54) is 5.56 Å². The van der Waals surface area contributed by atoms with Crippen molar-refractivity contribution in [3.05, 3.63) is 71.3 Å². The summed E-state index contributed by atoms with van der Waals surface area (Å²) in [5.74, 6) is -0.150. The molecule has 1 atom stereocenters. The molecule has 2 aromatic rings. The topological polar surface area (TPSA) is 52.6 Å². The SMILES string of the molecule is CC(C)N(C)Cc1ccccc1CNC(=O)CC(O)c1ccccc1. The molecule has 0 saturated heterocycles. The highest BCUT2D eigenvalue weighted by Gasteiger charge is 2.13. The summed E-state index contributed by atoms with van der Waals surface area (Å²) in [5.41, 5.74) is 3.08. The smallest absolute Gasteiger partial charge is 0.223 e. The molecule has 0 heterocycles. The molecule has 2 N–H and O–H groups in total. The number of hydrogen-bond donors (Lipinski definition) is 2. The summed E-state index contributed by atoms with van der Waals surface area (Å²) in [6.07, 6.45) is -0.707. The van der Waals surface area contributed by atoms with Crippen molar-refractivity contribution in [2.24, 2.45) is 0 Å². The molecular formula is C21H28N2O2. The first-order valence-corrected chi connectivity index (χ1v) is 8.74. The van der Waals surface area contributed by atoms with Gasteiger partial charge in [-0.1, -0.05) is 54.6 Å². The lowest BCUT2D eigenvalue weighted by molar-refractivity contribution is -0.123. The molecule has 0 aliphatic heterocycles. The average Bonchev–Trinajstić information content (AvgIpc) is 2.61. The van der Waals surface area contributed by atoms with Crippen molar-refractivity contribution in [3.63, 3.8) is 0 Å². The number of carbonyl (C=O) groups is 1. The van der Waals surface area contributed by atoms with E-state index in [9.17, 15) is 9.90 Å². The second-order valence-corrected chi connectivity index (χ2v) is 6.68. The molecule has 0 spiro atoms. The third-order valence-corrected chi connectivity index (χ3v) is 4.46. The van der Waals surface area contributed by atoms with Crippen molar-refractivity contribution in [3.8, 4) is 0 Å². The van der Waals surface area contributed by atoms with Crippen LogP contribution >= 0.6 is 0 Å². The summed E-state index contributed by atoms with van der Waals surface area (Å²) in [7, 11) is 2.09. The summed E-state index contributed by atoms with van der Waals surface area (Å²) in [4.78, 5) is 14.4. The number of hydrogen-bond acceptors (Lipinski definition) is 3. The van der Waals surface area contributed by atoms with Crippen LogP contribution in [0.5, 0.6) is 0 Å². The number of nitrogens with one attached hydrogen (secondary N) is 1. The molecule has 4 heteroatoms. The molecule has 0 aliphatic carbocycles. The van der Waals surface area contributed by atoms with Crippen molar-refractivity contribution in [1.82, 2.24) is 10.2 Å². The third-order valence-electron chi connectivity index (χ3n) is 4.46. The minimum Gasteiger partial charge on any atom is -0.388 e. The zero-order chi connectivity index (χ0) is 18.2. The lowest BCUT2D eigenvalue weighted by Crippen LogP contribution is -2.28. The number of aliphatic hydroxyl groups is 1. The molecule has 0 bridgehead atoms. The van der Waals surface area contributed by atoms with Crippen molar-refractivity contribution in [1.29, 1.82) is 0 Å². The van der Waals surface area contributed by atoms with E-state index >= 15 is 0 Å². The van der Waals surface area contributed by atoms with E-state index in [1.807, 2.05) is 48.5 Å². The number of aliphatic hydroxyl groups excluding tert-OH is 1. The fourth-order valence-electron chi connectivity index (χ4n) is 2.57. The van der Waals surface area contributed by atoms with Crippen LogP contribution in [0, 0.1) is 0 Å². The predicted molar refractivity (Wildman–Crippen MR) is 101 cm³/mol. The van der Waals surface area contributed by atoms with Gasteiger partial charge in [0.05, 0.1) is 12.5 Å². The monoisotopic (exact) mass is 340 g/mol. The van der Waals surface area contributed by atoms with Crippen LogP contribution in [-0.4, -0.2) is 29.0 Å². The minimum atomic E-state index is -0.775. The van der Waals surface area contributed by atoms with Gasteiger partial charge >= 0.3 is 0 Å². The number of benzene rings is 2. The van der Waals surface area contributed by atoms with Gasteiger partial charge in [-0.05, 0) is 37.6 Å². The zero-order valence-electron chi connectivity index (χ0n) is 15.3. The van der Waals surface area contributed by atoms with Gasteiger partial charge in [-0.25, -0.2) is 0 Å². The maximum Gasteiger partial charge on any atom is 0.223 e. The predicted octanol–water partition coefficient (Wildman–Crippen LogP) is 3.27. The van der Waals surface area contributed by atoms with Crippen LogP contribution < -0.4 is 5.32 Å². The lowest BCUT2D eigenvalue weighted by atomic mass is 10.1. The van der Waals surface area contributed by atoms with E-state index in [2.05, 4.69) is 37.2 Å². The van der Waals surface area contributed by atoms with Gasteiger partial charge in [-0.2, -0.15) is 0 Å². The van der Waals surface area contributed by atoms with Crippen molar-refractivity contribution >= 4 is 5.91 Å². The Kier molecular flexibility index (Phi) is 7.16. The fourth-order valence-corrected chi connectivity index (χ4v) is 2.57. The van der Waals surface area contributed by atoms with E-state index in [0.29, 0.717) is 12.6 Å². The standard InChI is InChI=1S/C21H28N2O2/c1-16(2)23(3)15-19-12-8-7-11-18(19)14-22-21(25)13-20(24)17-9-5-4-6-10-17/h4-12,16,20,24H,13-15H2,1-3H3,(H,22,25). The molecule has 0 aliphatic rings. The molecule has 2 rings (SSSR count). The fraction of sp³-hybridized carbons (Fsp3) is 0.381. The van der Waals surface area contributed by atoms with Gasteiger partial charge in [0.15, 0.2) is 0 Å². The first kappa shape index (κ1) is 19.2. The van der Waals surface area contributed by atoms with Gasteiger partial charge in [-0.15, -0.1) is 0 Å². The third kappa shape index (κ3) is 6.00. The summed E-state index contributed by atoms with van der Waals surface area (Å²) >= 11 is 0.